The van der Waals surface area contributed by atoms with Crippen molar-refractivity contribution in [1.82, 2.24) is 15.1 Å². The highest BCUT2D eigenvalue weighted by Crippen LogP contribution is 2.34. The molecule has 130 valence electrons. The first kappa shape index (κ1) is 18.3. The Morgan fingerprint density at radius 3 is 2.58 bits per heavy atom. The van der Waals surface area contributed by atoms with Crippen molar-refractivity contribution in [2.24, 2.45) is 0 Å². The van der Waals surface area contributed by atoms with E-state index in [0.717, 1.165) is 11.1 Å². The first-order chi connectivity index (χ1) is 11.2. The summed E-state index contributed by atoms with van der Waals surface area (Å²) in [5, 5.41) is 6.31. The number of rotatable bonds is 5. The summed E-state index contributed by atoms with van der Waals surface area (Å²) in [6, 6.07) is 6.00. The van der Waals surface area contributed by atoms with Crippen LogP contribution in [0.25, 0.3) is 5.69 Å². The van der Waals surface area contributed by atoms with Gasteiger partial charge in [-0.15, -0.1) is 0 Å². The molecule has 5 nitrogen and oxygen atoms in total. The van der Waals surface area contributed by atoms with Crippen LogP contribution in [0.4, 0.5) is 13.2 Å². The highest BCUT2D eigenvalue weighted by Gasteiger charge is 2.40. The topological polar surface area (TPSA) is 51.4 Å². The first-order valence-corrected chi connectivity index (χ1v) is 7.57. The second kappa shape index (κ2) is 7.23. The number of quaternary nitrogens is 1. The van der Waals surface area contributed by atoms with E-state index >= 15 is 0 Å². The number of hydrogen-bond acceptors (Lipinski definition) is 2. The number of para-hydroxylation sites is 1. The van der Waals surface area contributed by atoms with Gasteiger partial charge in [0.2, 0.25) is 0 Å². The van der Waals surface area contributed by atoms with Crippen LogP contribution in [-0.4, -0.2) is 42.9 Å². The van der Waals surface area contributed by atoms with Gasteiger partial charge in [0, 0.05) is 0 Å². The van der Waals surface area contributed by atoms with Crippen molar-refractivity contribution < 1.29 is 22.9 Å². The van der Waals surface area contributed by atoms with Crippen LogP contribution < -0.4 is 10.2 Å². The lowest BCUT2D eigenvalue weighted by Gasteiger charge is -2.14. The summed E-state index contributed by atoms with van der Waals surface area (Å²) in [6.45, 7) is 0.849. The lowest BCUT2D eigenvalue weighted by atomic mass is 10.2. The SMILES string of the molecule is C[NH+](C)CCNC(=O)c1cnn(-c2ccccc2Cl)c1C(F)(F)F. The Kier molecular flexibility index (Phi) is 5.51. The molecule has 2 rings (SSSR count). The molecular weight excluding hydrogens is 345 g/mol. The Labute approximate surface area is 142 Å². The zero-order valence-electron chi connectivity index (χ0n) is 13.1. The molecule has 24 heavy (non-hydrogen) atoms. The number of benzene rings is 1. The molecule has 0 aliphatic rings. The molecule has 0 saturated heterocycles. The number of hydrogen-bond donors (Lipinski definition) is 2. The van der Waals surface area contributed by atoms with E-state index in [4.69, 9.17) is 11.6 Å². The maximum atomic E-state index is 13.5. The molecule has 0 bridgehead atoms. The minimum atomic E-state index is -4.75. The predicted molar refractivity (Wildman–Crippen MR) is 83.6 cm³/mol. The molecule has 0 aliphatic carbocycles. The van der Waals surface area contributed by atoms with E-state index in [2.05, 4.69) is 10.4 Å². The highest BCUT2D eigenvalue weighted by atomic mass is 35.5. The van der Waals surface area contributed by atoms with Gasteiger partial charge in [-0.3, -0.25) is 4.79 Å². The maximum absolute atomic E-state index is 13.5. The summed E-state index contributed by atoms with van der Waals surface area (Å²) in [4.78, 5) is 13.2. The average Bonchev–Trinajstić information content (AvgIpc) is 2.92. The number of amides is 1. The summed E-state index contributed by atoms with van der Waals surface area (Å²) >= 11 is 5.96. The second-order valence-electron chi connectivity index (χ2n) is 5.48. The van der Waals surface area contributed by atoms with Crippen LogP contribution in [0, 0.1) is 0 Å². The minimum Gasteiger partial charge on any atom is -0.346 e. The van der Waals surface area contributed by atoms with Gasteiger partial charge in [0.15, 0.2) is 5.69 Å². The molecule has 0 spiro atoms. The molecule has 1 heterocycles. The second-order valence-corrected chi connectivity index (χ2v) is 5.89. The van der Waals surface area contributed by atoms with Crippen LogP contribution in [0.5, 0.6) is 0 Å². The quantitative estimate of drug-likeness (QED) is 0.846. The lowest BCUT2D eigenvalue weighted by Crippen LogP contribution is -3.06. The number of nitrogens with zero attached hydrogens (tertiary/aromatic N) is 2. The van der Waals surface area contributed by atoms with Crippen LogP contribution in [0.15, 0.2) is 30.5 Å². The van der Waals surface area contributed by atoms with Crippen molar-refractivity contribution in [2.45, 2.75) is 6.18 Å². The molecule has 1 amide bonds. The van der Waals surface area contributed by atoms with Crippen LogP contribution in [0.2, 0.25) is 5.02 Å². The molecule has 0 radical (unpaired) electrons. The van der Waals surface area contributed by atoms with Crippen molar-refractivity contribution in [3.63, 3.8) is 0 Å². The van der Waals surface area contributed by atoms with Crippen molar-refractivity contribution in [1.29, 1.82) is 0 Å². The third-order valence-corrected chi connectivity index (χ3v) is 3.59. The van der Waals surface area contributed by atoms with Gasteiger partial charge in [-0.1, -0.05) is 23.7 Å². The molecule has 0 aliphatic heterocycles. The number of likely N-dealkylation sites (N-methyl/N-ethyl adjacent to an activating group) is 1. The Balaban J connectivity index is 2.41. The average molecular weight is 362 g/mol. The fourth-order valence-corrected chi connectivity index (χ4v) is 2.33. The number of aromatic nitrogens is 2. The number of carbonyl (C=O) groups excluding carboxylic acids is 1. The maximum Gasteiger partial charge on any atom is 0.434 e. The fraction of sp³-hybridized carbons (Fsp3) is 0.333. The van der Waals surface area contributed by atoms with E-state index in [1.807, 2.05) is 14.1 Å². The van der Waals surface area contributed by atoms with Gasteiger partial charge >= 0.3 is 6.18 Å². The standard InChI is InChI=1S/C15H16ClF3N4O/c1-22(2)8-7-20-14(24)10-9-21-23(13(10)15(17,18)19)12-6-4-3-5-11(12)16/h3-6,9H,7-8H2,1-2H3,(H,20,24)/p+1. The summed E-state index contributed by atoms with van der Waals surface area (Å²) in [5.74, 6) is -0.818. The molecule has 0 atom stereocenters. The van der Waals surface area contributed by atoms with Crippen molar-refractivity contribution in [3.8, 4) is 5.69 Å². The monoisotopic (exact) mass is 361 g/mol. The molecule has 2 aromatic rings. The van der Waals surface area contributed by atoms with Crippen molar-refractivity contribution >= 4 is 17.5 Å². The largest absolute Gasteiger partial charge is 0.434 e. The van der Waals surface area contributed by atoms with Gasteiger partial charge in [0.05, 0.1) is 49.7 Å². The van der Waals surface area contributed by atoms with Crippen molar-refractivity contribution in [2.75, 3.05) is 27.2 Å². The third kappa shape index (κ3) is 4.07. The molecular formula is C15H17ClF3N4O+. The van der Waals surface area contributed by atoms with Gasteiger partial charge in [0.1, 0.15) is 0 Å². The zero-order chi connectivity index (χ0) is 17.9. The Morgan fingerprint density at radius 2 is 2.00 bits per heavy atom. The molecule has 1 aromatic heterocycles. The van der Waals surface area contributed by atoms with E-state index in [1.165, 1.54) is 12.1 Å². The molecule has 1 aromatic carbocycles. The number of halogens is 4. The van der Waals surface area contributed by atoms with E-state index in [9.17, 15) is 18.0 Å². The zero-order valence-corrected chi connectivity index (χ0v) is 13.9. The molecule has 9 heteroatoms. The van der Waals surface area contributed by atoms with Crippen molar-refractivity contribution in [3.05, 3.63) is 46.7 Å². The lowest BCUT2D eigenvalue weighted by molar-refractivity contribution is -0.856. The smallest absolute Gasteiger partial charge is 0.346 e. The van der Waals surface area contributed by atoms with Gasteiger partial charge in [-0.2, -0.15) is 18.3 Å². The van der Waals surface area contributed by atoms with E-state index in [-0.39, 0.29) is 17.3 Å². The summed E-state index contributed by atoms with van der Waals surface area (Å²) in [6.07, 6.45) is -3.85. The van der Waals surface area contributed by atoms with E-state index < -0.39 is 23.3 Å². The molecule has 0 unspecified atom stereocenters. The van der Waals surface area contributed by atoms with Gasteiger partial charge in [-0.05, 0) is 12.1 Å². The van der Waals surface area contributed by atoms with Gasteiger partial charge in [0.25, 0.3) is 5.91 Å². The van der Waals surface area contributed by atoms with Crippen LogP contribution in [0.3, 0.4) is 0 Å². The number of nitrogens with one attached hydrogen (secondary N) is 2. The first-order valence-electron chi connectivity index (χ1n) is 7.19. The van der Waals surface area contributed by atoms with E-state index in [1.54, 1.807) is 12.1 Å². The highest BCUT2D eigenvalue weighted by molar-refractivity contribution is 6.32. The summed E-state index contributed by atoms with van der Waals surface area (Å²) in [5.41, 5.74) is -1.62. The minimum absolute atomic E-state index is 0.0586. The number of alkyl halides is 3. The predicted octanol–water partition coefficient (Wildman–Crippen LogP) is 1.42. The van der Waals surface area contributed by atoms with Gasteiger partial charge < -0.3 is 10.2 Å². The van der Waals surface area contributed by atoms with E-state index in [0.29, 0.717) is 11.2 Å². The third-order valence-electron chi connectivity index (χ3n) is 3.27. The Hall–Kier alpha value is -2.06. The van der Waals surface area contributed by atoms with Crippen LogP contribution >= 0.6 is 11.6 Å². The number of carbonyl (C=O) groups is 1. The Morgan fingerprint density at radius 1 is 1.33 bits per heavy atom. The fourth-order valence-electron chi connectivity index (χ4n) is 2.11. The molecule has 0 fully saturated rings. The van der Waals surface area contributed by atoms with Gasteiger partial charge in [-0.25, -0.2) is 4.68 Å². The normalized spacial score (nSPS) is 11.8. The van der Waals surface area contributed by atoms with Crippen LogP contribution in [-0.2, 0) is 6.18 Å². The Bertz CT molecular complexity index is 728. The molecule has 2 N–H and O–H groups in total. The summed E-state index contributed by atoms with van der Waals surface area (Å²) < 4.78 is 41.1. The molecule has 0 saturated carbocycles. The summed E-state index contributed by atoms with van der Waals surface area (Å²) in [7, 11) is 3.76. The van der Waals surface area contributed by atoms with Crippen LogP contribution in [0.1, 0.15) is 16.1 Å².